The fourth-order valence-corrected chi connectivity index (χ4v) is 7.14. The maximum absolute atomic E-state index is 15.7. The van der Waals surface area contributed by atoms with Gasteiger partial charge in [-0.15, -0.1) is 0 Å². The van der Waals surface area contributed by atoms with Crippen molar-refractivity contribution < 1.29 is 18.7 Å². The summed E-state index contributed by atoms with van der Waals surface area (Å²) in [5, 5.41) is 15.7. The number of piperidine rings is 1. The quantitative estimate of drug-likeness (QED) is 0.149. The molecule has 0 aliphatic carbocycles. The van der Waals surface area contributed by atoms with Crippen LogP contribution in [0.25, 0.3) is 22.3 Å². The van der Waals surface area contributed by atoms with Crippen molar-refractivity contribution in [3.8, 4) is 28.8 Å². The van der Waals surface area contributed by atoms with Gasteiger partial charge in [0.05, 0.1) is 19.3 Å². The minimum atomic E-state index is -0.506. The summed E-state index contributed by atoms with van der Waals surface area (Å²) < 4.78 is 29.4. The number of benzene rings is 2. The summed E-state index contributed by atoms with van der Waals surface area (Å²) in [4.78, 5) is 26.7. The second-order valence-electron chi connectivity index (χ2n) is 12.2. The number of para-hydroxylation sites is 1. The van der Waals surface area contributed by atoms with Gasteiger partial charge in [-0.1, -0.05) is 6.92 Å². The molecule has 0 saturated carbocycles. The van der Waals surface area contributed by atoms with Gasteiger partial charge in [-0.3, -0.25) is 0 Å². The first kappa shape index (κ1) is 31.9. The van der Waals surface area contributed by atoms with E-state index in [1.165, 1.54) is 29.2 Å². The molecule has 2 saturated heterocycles. The van der Waals surface area contributed by atoms with Gasteiger partial charge in [-0.2, -0.15) is 0 Å². The number of ether oxygens (including phenoxy) is 2. The number of likely N-dealkylation sites (tertiary alicyclic amines) is 1. The third-order valence-corrected chi connectivity index (χ3v) is 9.63. The molecule has 4 aromatic rings. The van der Waals surface area contributed by atoms with E-state index in [0.717, 1.165) is 23.9 Å². The van der Waals surface area contributed by atoms with Crippen LogP contribution in [-0.4, -0.2) is 96.7 Å². The molecule has 2 unspecified atom stereocenters. The van der Waals surface area contributed by atoms with Gasteiger partial charge in [0.1, 0.15) is 0 Å². The molecule has 0 spiro atoms. The van der Waals surface area contributed by atoms with Gasteiger partial charge >= 0.3 is 240 Å². The topological polar surface area (TPSA) is 109 Å². The Hall–Kier alpha value is -4.10. The SMILES string of the molecule is CCN(C1COC1)C(C)(C)C=C(C#N)C(=O)N1CCCC(n2nc(-c3ccc(Oc4ccccc4)cc3F)c3c([AsH2])ncnc32)C1. The molecule has 0 bridgehead atoms. The van der Waals surface area contributed by atoms with Gasteiger partial charge in [0.2, 0.25) is 0 Å². The van der Waals surface area contributed by atoms with Crippen molar-refractivity contribution in [3.63, 3.8) is 0 Å². The van der Waals surface area contributed by atoms with Crippen LogP contribution in [0.2, 0.25) is 0 Å². The molecule has 238 valence electrons. The van der Waals surface area contributed by atoms with Crippen molar-refractivity contribution >= 4 is 38.3 Å². The van der Waals surface area contributed by atoms with Crippen LogP contribution in [0.3, 0.4) is 0 Å². The first-order valence-electron chi connectivity index (χ1n) is 15.5. The van der Waals surface area contributed by atoms with Crippen LogP contribution in [0.4, 0.5) is 4.39 Å². The second-order valence-corrected chi connectivity index (χ2v) is 13.3. The van der Waals surface area contributed by atoms with Gasteiger partial charge < -0.3 is 4.74 Å². The van der Waals surface area contributed by atoms with Gasteiger partial charge in [-0.05, 0) is 6.54 Å². The first-order chi connectivity index (χ1) is 22.2. The molecule has 1 amide bonds. The van der Waals surface area contributed by atoms with Crippen LogP contribution < -0.4 is 9.22 Å². The van der Waals surface area contributed by atoms with E-state index in [4.69, 9.17) is 14.6 Å². The van der Waals surface area contributed by atoms with E-state index in [2.05, 4.69) is 27.9 Å². The van der Waals surface area contributed by atoms with Crippen molar-refractivity contribution in [1.29, 1.82) is 5.26 Å². The predicted octanol–water partition coefficient (Wildman–Crippen LogP) is 3.80. The molecule has 4 heterocycles. The van der Waals surface area contributed by atoms with E-state index in [-0.39, 0.29) is 23.6 Å². The number of nitrogens with zero attached hydrogens (tertiary/aromatic N) is 7. The molecule has 2 aromatic carbocycles. The molecule has 12 heteroatoms. The Morgan fingerprint density at radius 3 is 2.67 bits per heavy atom. The van der Waals surface area contributed by atoms with Gasteiger partial charge in [0.25, 0.3) is 0 Å². The summed E-state index contributed by atoms with van der Waals surface area (Å²) in [6.07, 6.45) is 4.76. The number of nitriles is 1. The normalized spacial score (nSPS) is 17.6. The van der Waals surface area contributed by atoms with Crippen LogP contribution in [0.15, 0.2) is 66.5 Å². The zero-order valence-electron chi connectivity index (χ0n) is 26.2. The van der Waals surface area contributed by atoms with Crippen LogP contribution in [-0.2, 0) is 9.53 Å². The minimum absolute atomic E-state index is 0.121. The summed E-state index contributed by atoms with van der Waals surface area (Å²) in [5.41, 5.74) is 0.966. The van der Waals surface area contributed by atoms with E-state index in [9.17, 15) is 10.1 Å². The molecule has 2 fully saturated rings. The Kier molecular flexibility index (Phi) is 9.23. The number of carbonyl (C=O) groups excluding carboxylic acids is 1. The number of amides is 1. The zero-order chi connectivity index (χ0) is 32.4. The molecular formula is C34H37AsFN7O3. The van der Waals surface area contributed by atoms with E-state index in [1.54, 1.807) is 27.8 Å². The Bertz CT molecular complexity index is 1820. The Morgan fingerprint density at radius 1 is 1.22 bits per heavy atom. The van der Waals surface area contributed by atoms with E-state index >= 15 is 4.39 Å². The molecule has 10 nitrogen and oxygen atoms in total. The van der Waals surface area contributed by atoms with Crippen LogP contribution in [0.1, 0.15) is 39.7 Å². The average Bonchev–Trinajstić information content (AvgIpc) is 3.42. The number of hydrogen-bond donors (Lipinski definition) is 0. The Morgan fingerprint density at radius 2 is 2.00 bits per heavy atom. The van der Waals surface area contributed by atoms with Gasteiger partial charge in [-0.25, -0.2) is 0 Å². The first-order valence-corrected chi connectivity index (χ1v) is 16.7. The zero-order valence-corrected chi connectivity index (χ0v) is 28.6. The summed E-state index contributed by atoms with van der Waals surface area (Å²) in [5.74, 6) is 0.216. The van der Waals surface area contributed by atoms with Crippen LogP contribution in [0.5, 0.6) is 11.5 Å². The summed E-state index contributed by atoms with van der Waals surface area (Å²) in [6.45, 7) is 9.08. The summed E-state index contributed by atoms with van der Waals surface area (Å²) >= 11 is 1.29. The van der Waals surface area contributed by atoms with Crippen molar-refractivity contribution in [1.82, 2.24) is 29.5 Å². The number of aromatic nitrogens is 4. The van der Waals surface area contributed by atoms with Crippen LogP contribution >= 0.6 is 0 Å². The number of carbonyl (C=O) groups is 1. The molecular weight excluding hydrogens is 648 g/mol. The number of hydrogen-bond acceptors (Lipinski definition) is 8. The van der Waals surface area contributed by atoms with E-state index in [1.807, 2.05) is 44.2 Å². The van der Waals surface area contributed by atoms with E-state index < -0.39 is 11.4 Å². The number of halogens is 1. The average molecular weight is 686 g/mol. The molecule has 2 aromatic heterocycles. The number of fused-ring (bicyclic) bond motifs is 1. The predicted molar refractivity (Wildman–Crippen MR) is 175 cm³/mol. The maximum atomic E-state index is 15.7. The van der Waals surface area contributed by atoms with Gasteiger partial charge in [0, 0.05) is 0 Å². The third kappa shape index (κ3) is 6.30. The number of rotatable bonds is 9. The van der Waals surface area contributed by atoms with Gasteiger partial charge in [0.15, 0.2) is 0 Å². The van der Waals surface area contributed by atoms with Crippen molar-refractivity contribution in [2.24, 2.45) is 0 Å². The third-order valence-electron chi connectivity index (χ3n) is 8.71. The van der Waals surface area contributed by atoms with E-state index in [0.29, 0.717) is 60.1 Å². The second kappa shape index (κ2) is 13.3. The van der Waals surface area contributed by atoms with Crippen LogP contribution in [0, 0.1) is 17.1 Å². The van der Waals surface area contributed by atoms with Crippen molar-refractivity contribution in [2.45, 2.75) is 51.2 Å². The molecule has 46 heavy (non-hydrogen) atoms. The van der Waals surface area contributed by atoms with Crippen molar-refractivity contribution in [3.05, 3.63) is 72.3 Å². The summed E-state index contributed by atoms with van der Waals surface area (Å²) in [6, 6.07) is 16.2. The molecule has 0 N–H and O–H groups in total. The molecule has 6 rings (SSSR count). The standard InChI is InChI=1S/C34H37AsFN7O3/c1-4-42(24-19-45-20-24)34(2,3)16-22(17-37)33(44)41-14-8-9-23(18-41)43-32-29(31(35)38-21-39-32)30(40-43)27-13-12-26(15-28(27)36)46-25-10-6-5-7-11-25/h5-7,10-13,15-16,21,23-24H,4,8-9,14,18-20,35H2,1-3H3. The Balaban J connectivity index is 1.28. The number of likely N-dealkylation sites (N-methyl/N-ethyl adjacent to an activating group) is 1. The molecule has 0 radical (unpaired) electrons. The monoisotopic (exact) mass is 685 g/mol. The molecule has 2 aliphatic heterocycles. The molecule has 2 atom stereocenters. The Labute approximate surface area is 276 Å². The fraction of sp³-hybridized carbons (Fsp3) is 0.382. The fourth-order valence-electron chi connectivity index (χ4n) is 6.44. The molecule has 2 aliphatic rings. The van der Waals surface area contributed by atoms with Crippen molar-refractivity contribution in [2.75, 3.05) is 32.8 Å². The summed E-state index contributed by atoms with van der Waals surface area (Å²) in [7, 11) is 0.